The van der Waals surface area contributed by atoms with E-state index in [0.29, 0.717) is 23.8 Å². The topological polar surface area (TPSA) is 82.3 Å². The van der Waals surface area contributed by atoms with Gasteiger partial charge in [-0.25, -0.2) is 4.79 Å². The first kappa shape index (κ1) is 16.3. The van der Waals surface area contributed by atoms with Crippen molar-refractivity contribution in [2.45, 2.75) is 38.8 Å². The van der Waals surface area contributed by atoms with Crippen molar-refractivity contribution in [3.05, 3.63) is 29.8 Å². The van der Waals surface area contributed by atoms with Gasteiger partial charge in [-0.1, -0.05) is 12.1 Å². The number of rotatable bonds is 5. The lowest BCUT2D eigenvalue weighted by Gasteiger charge is -2.15. The molecular formula is C16H24N4O2. The van der Waals surface area contributed by atoms with E-state index >= 15 is 0 Å². The van der Waals surface area contributed by atoms with Crippen LogP contribution in [0.1, 0.15) is 37.0 Å². The first-order valence-corrected chi connectivity index (χ1v) is 7.74. The van der Waals surface area contributed by atoms with E-state index in [9.17, 15) is 9.59 Å². The lowest BCUT2D eigenvalue weighted by molar-refractivity contribution is 0.0951. The fourth-order valence-electron chi connectivity index (χ4n) is 2.45. The summed E-state index contributed by atoms with van der Waals surface area (Å²) in [7, 11) is 0. The van der Waals surface area contributed by atoms with Crippen LogP contribution < -0.4 is 21.3 Å². The molecular weight excluding hydrogens is 280 g/mol. The molecule has 0 bridgehead atoms. The SMILES string of the molecule is CC(C)NC(=O)Nc1ccccc1C(=O)NCC1CCCN1. The number of carbonyl (C=O) groups excluding carboxylic acids is 2. The summed E-state index contributed by atoms with van der Waals surface area (Å²) >= 11 is 0. The Morgan fingerprint density at radius 3 is 2.77 bits per heavy atom. The van der Waals surface area contributed by atoms with Crippen LogP contribution in [0.5, 0.6) is 0 Å². The molecule has 1 aliphatic rings. The zero-order valence-electron chi connectivity index (χ0n) is 13.1. The molecule has 1 aliphatic heterocycles. The van der Waals surface area contributed by atoms with Gasteiger partial charge in [0.25, 0.3) is 5.91 Å². The number of carbonyl (C=O) groups is 2. The molecule has 0 radical (unpaired) electrons. The molecule has 2 rings (SSSR count). The van der Waals surface area contributed by atoms with Gasteiger partial charge >= 0.3 is 6.03 Å². The third-order valence-electron chi connectivity index (χ3n) is 3.51. The summed E-state index contributed by atoms with van der Waals surface area (Å²) in [6.45, 7) is 5.37. The summed E-state index contributed by atoms with van der Waals surface area (Å²) in [6, 6.07) is 7.08. The van der Waals surface area contributed by atoms with Crippen LogP contribution in [0.2, 0.25) is 0 Å². The van der Waals surface area contributed by atoms with Gasteiger partial charge in [-0.15, -0.1) is 0 Å². The van der Waals surface area contributed by atoms with Crippen molar-refractivity contribution >= 4 is 17.6 Å². The number of anilines is 1. The molecule has 4 N–H and O–H groups in total. The molecule has 0 saturated carbocycles. The predicted molar refractivity (Wildman–Crippen MR) is 87.1 cm³/mol. The summed E-state index contributed by atoms with van der Waals surface area (Å²) < 4.78 is 0. The molecule has 6 heteroatoms. The lowest BCUT2D eigenvalue weighted by atomic mass is 10.1. The third kappa shape index (κ3) is 4.73. The van der Waals surface area contributed by atoms with Crippen molar-refractivity contribution < 1.29 is 9.59 Å². The number of hydrogen-bond acceptors (Lipinski definition) is 3. The third-order valence-corrected chi connectivity index (χ3v) is 3.51. The number of urea groups is 1. The molecule has 6 nitrogen and oxygen atoms in total. The number of para-hydroxylation sites is 1. The average Bonchev–Trinajstić information content (AvgIpc) is 2.97. The van der Waals surface area contributed by atoms with Crippen molar-refractivity contribution in [2.24, 2.45) is 0 Å². The van der Waals surface area contributed by atoms with Crippen LogP contribution in [-0.2, 0) is 0 Å². The fourth-order valence-corrected chi connectivity index (χ4v) is 2.45. The zero-order chi connectivity index (χ0) is 15.9. The quantitative estimate of drug-likeness (QED) is 0.668. The Labute approximate surface area is 131 Å². The van der Waals surface area contributed by atoms with Crippen LogP contribution in [0.3, 0.4) is 0 Å². The minimum Gasteiger partial charge on any atom is -0.350 e. The Bertz CT molecular complexity index is 525. The normalized spacial score (nSPS) is 17.3. The Morgan fingerprint density at radius 1 is 1.32 bits per heavy atom. The second-order valence-corrected chi connectivity index (χ2v) is 5.80. The Balaban J connectivity index is 1.97. The van der Waals surface area contributed by atoms with Crippen molar-refractivity contribution in [1.29, 1.82) is 0 Å². The first-order valence-electron chi connectivity index (χ1n) is 7.74. The molecule has 0 aromatic heterocycles. The maximum atomic E-state index is 12.3. The number of benzene rings is 1. The second-order valence-electron chi connectivity index (χ2n) is 5.80. The van der Waals surface area contributed by atoms with Gasteiger partial charge < -0.3 is 21.3 Å². The molecule has 0 aliphatic carbocycles. The highest BCUT2D eigenvalue weighted by Crippen LogP contribution is 2.15. The van der Waals surface area contributed by atoms with Crippen molar-refractivity contribution in [3.63, 3.8) is 0 Å². The minimum atomic E-state index is -0.312. The number of nitrogens with one attached hydrogen (secondary N) is 4. The molecule has 1 fully saturated rings. The Kier molecular flexibility index (Phi) is 5.77. The summed E-state index contributed by atoms with van der Waals surface area (Å²) in [4.78, 5) is 24.1. The average molecular weight is 304 g/mol. The lowest BCUT2D eigenvalue weighted by Crippen LogP contribution is -2.38. The largest absolute Gasteiger partial charge is 0.350 e. The van der Waals surface area contributed by atoms with Gasteiger partial charge in [-0.3, -0.25) is 4.79 Å². The van der Waals surface area contributed by atoms with Gasteiger partial charge in [0.1, 0.15) is 0 Å². The van der Waals surface area contributed by atoms with E-state index in [1.165, 1.54) is 0 Å². The summed E-state index contributed by atoms with van der Waals surface area (Å²) in [6.07, 6.45) is 2.23. The van der Waals surface area contributed by atoms with E-state index in [0.717, 1.165) is 19.4 Å². The van der Waals surface area contributed by atoms with E-state index < -0.39 is 0 Å². The van der Waals surface area contributed by atoms with Crippen molar-refractivity contribution in [1.82, 2.24) is 16.0 Å². The molecule has 1 atom stereocenters. The number of hydrogen-bond donors (Lipinski definition) is 4. The highest BCUT2D eigenvalue weighted by Gasteiger charge is 2.17. The van der Waals surface area contributed by atoms with Gasteiger partial charge in [-0.05, 0) is 45.4 Å². The molecule has 1 aromatic carbocycles. The molecule has 120 valence electrons. The fraction of sp³-hybridized carbons (Fsp3) is 0.500. The van der Waals surface area contributed by atoms with Crippen molar-refractivity contribution in [3.8, 4) is 0 Å². The standard InChI is InChI=1S/C16H24N4O2/c1-11(2)19-16(22)20-14-8-4-3-7-13(14)15(21)18-10-12-6-5-9-17-12/h3-4,7-8,11-12,17H,5-6,9-10H2,1-2H3,(H,18,21)(H2,19,20,22). The van der Waals surface area contributed by atoms with Crippen LogP contribution in [0, 0.1) is 0 Å². The molecule has 1 unspecified atom stereocenters. The van der Waals surface area contributed by atoms with E-state index in [2.05, 4.69) is 21.3 Å². The molecule has 1 heterocycles. The van der Waals surface area contributed by atoms with Crippen LogP contribution >= 0.6 is 0 Å². The van der Waals surface area contributed by atoms with Gasteiger partial charge in [0.15, 0.2) is 0 Å². The zero-order valence-corrected chi connectivity index (χ0v) is 13.1. The Morgan fingerprint density at radius 2 is 2.09 bits per heavy atom. The second kappa shape index (κ2) is 7.79. The van der Waals surface area contributed by atoms with Gasteiger partial charge in [0.2, 0.25) is 0 Å². The van der Waals surface area contributed by atoms with Gasteiger partial charge in [0, 0.05) is 18.6 Å². The molecule has 0 spiro atoms. The van der Waals surface area contributed by atoms with Crippen molar-refractivity contribution in [2.75, 3.05) is 18.4 Å². The van der Waals surface area contributed by atoms with E-state index in [4.69, 9.17) is 0 Å². The molecule has 22 heavy (non-hydrogen) atoms. The molecule has 3 amide bonds. The van der Waals surface area contributed by atoms with Crippen LogP contribution in [0.4, 0.5) is 10.5 Å². The minimum absolute atomic E-state index is 0.0365. The summed E-state index contributed by atoms with van der Waals surface area (Å²) in [5.41, 5.74) is 0.983. The monoisotopic (exact) mass is 304 g/mol. The maximum Gasteiger partial charge on any atom is 0.319 e. The predicted octanol–water partition coefficient (Wildman–Crippen LogP) is 1.70. The maximum absolute atomic E-state index is 12.3. The summed E-state index contributed by atoms with van der Waals surface area (Å²) in [5, 5.41) is 11.7. The van der Waals surface area contributed by atoms with Gasteiger partial charge in [-0.2, -0.15) is 0 Å². The van der Waals surface area contributed by atoms with Crippen LogP contribution in [-0.4, -0.2) is 37.1 Å². The first-order chi connectivity index (χ1) is 10.6. The highest BCUT2D eigenvalue weighted by molar-refractivity contribution is 6.03. The van der Waals surface area contributed by atoms with Gasteiger partial charge in [0.05, 0.1) is 11.3 Å². The highest BCUT2D eigenvalue weighted by atomic mass is 16.2. The van der Waals surface area contributed by atoms with E-state index in [1.807, 2.05) is 13.8 Å². The molecule has 1 saturated heterocycles. The number of amides is 3. The van der Waals surface area contributed by atoms with E-state index in [-0.39, 0.29) is 18.0 Å². The summed E-state index contributed by atoms with van der Waals surface area (Å²) in [5.74, 6) is -0.172. The molecule has 1 aromatic rings. The smallest absolute Gasteiger partial charge is 0.319 e. The van der Waals surface area contributed by atoms with Crippen LogP contribution in [0.15, 0.2) is 24.3 Å². The van der Waals surface area contributed by atoms with Crippen LogP contribution in [0.25, 0.3) is 0 Å². The Hall–Kier alpha value is -2.08. The van der Waals surface area contributed by atoms with E-state index in [1.54, 1.807) is 24.3 Å².